The van der Waals surface area contributed by atoms with E-state index in [9.17, 15) is 19.5 Å². The number of aliphatic hydroxyl groups is 1. The van der Waals surface area contributed by atoms with Crippen molar-refractivity contribution in [2.75, 3.05) is 13.7 Å². The number of carbonyl (C=O) groups excluding carboxylic acids is 1. The van der Waals surface area contributed by atoms with Gasteiger partial charge in [-0.05, 0) is 18.1 Å². The van der Waals surface area contributed by atoms with Crippen LogP contribution in [0.5, 0.6) is 0 Å². The molecule has 2 rings (SSSR count). The van der Waals surface area contributed by atoms with Crippen molar-refractivity contribution < 1.29 is 23.8 Å². The maximum Gasteiger partial charge on any atom is 0.330 e. The molecule has 1 saturated heterocycles. The molecule has 0 aromatic carbocycles. The van der Waals surface area contributed by atoms with Crippen LogP contribution in [0, 0.1) is 0 Å². The molecule has 0 bridgehead atoms. The van der Waals surface area contributed by atoms with Crippen LogP contribution in [-0.4, -0.2) is 54.9 Å². The lowest BCUT2D eigenvalue weighted by atomic mass is 10.1. The van der Waals surface area contributed by atoms with E-state index in [4.69, 9.17) is 9.16 Å². The molecule has 1 aliphatic rings. The molecular weight excluding hydrogens is 384 g/mol. The number of rotatable bonds is 5. The molecule has 1 aromatic heterocycles. The largest absolute Gasteiger partial charge is 0.466 e. The number of esters is 1. The van der Waals surface area contributed by atoms with Crippen LogP contribution >= 0.6 is 0 Å². The molecule has 0 aliphatic carbocycles. The quantitative estimate of drug-likeness (QED) is 0.419. The zero-order valence-electron chi connectivity index (χ0n) is 17.0. The minimum Gasteiger partial charge on any atom is -0.466 e. The third kappa shape index (κ3) is 4.69. The number of aliphatic hydroxyl groups excluding tert-OH is 1. The Labute approximate surface area is 164 Å². The van der Waals surface area contributed by atoms with Crippen molar-refractivity contribution in [1.82, 2.24) is 9.55 Å². The van der Waals surface area contributed by atoms with Crippen LogP contribution < -0.4 is 11.2 Å². The van der Waals surface area contributed by atoms with Crippen LogP contribution in [0.25, 0.3) is 0 Å². The van der Waals surface area contributed by atoms with E-state index in [-0.39, 0.29) is 17.2 Å². The molecule has 0 amide bonds. The van der Waals surface area contributed by atoms with Gasteiger partial charge in [-0.2, -0.15) is 0 Å². The van der Waals surface area contributed by atoms with Crippen LogP contribution in [-0.2, 0) is 18.7 Å². The fourth-order valence-electron chi connectivity index (χ4n) is 2.53. The Morgan fingerprint density at radius 1 is 1.39 bits per heavy atom. The summed E-state index contributed by atoms with van der Waals surface area (Å²) in [5, 5.41) is 10.7. The molecule has 2 heterocycles. The van der Waals surface area contributed by atoms with Crippen LogP contribution in [0.4, 0.5) is 0 Å². The average Bonchev–Trinajstić information content (AvgIpc) is 2.88. The fourth-order valence-corrected chi connectivity index (χ4v) is 3.53. The van der Waals surface area contributed by atoms with Crippen molar-refractivity contribution >= 4 is 14.3 Å². The van der Waals surface area contributed by atoms with Crippen LogP contribution in [0.1, 0.15) is 27.0 Å². The lowest BCUT2D eigenvalue weighted by Gasteiger charge is -2.36. The van der Waals surface area contributed by atoms with E-state index >= 15 is 0 Å². The molecular formula is C18H28N2O7Si. The number of methoxy groups -OCH3 is 1. The summed E-state index contributed by atoms with van der Waals surface area (Å²) in [6, 6.07) is 1.15. The number of ether oxygens (including phenoxy) is 2. The van der Waals surface area contributed by atoms with E-state index in [0.29, 0.717) is 0 Å². The predicted molar refractivity (Wildman–Crippen MR) is 104 cm³/mol. The molecule has 3 atom stereocenters. The second kappa shape index (κ2) is 8.16. The lowest BCUT2D eigenvalue weighted by Crippen LogP contribution is -2.43. The molecule has 9 nitrogen and oxygen atoms in total. The maximum absolute atomic E-state index is 12.1. The molecule has 1 aliphatic heterocycles. The molecule has 0 unspecified atom stereocenters. The van der Waals surface area contributed by atoms with Gasteiger partial charge in [0.1, 0.15) is 12.2 Å². The zero-order chi connectivity index (χ0) is 21.3. The minimum absolute atomic E-state index is 0.0360. The second-order valence-corrected chi connectivity index (χ2v) is 13.0. The first kappa shape index (κ1) is 22.3. The smallest absolute Gasteiger partial charge is 0.330 e. The van der Waals surface area contributed by atoms with Gasteiger partial charge in [-0.1, -0.05) is 20.8 Å². The molecule has 1 aromatic rings. The second-order valence-electron chi connectivity index (χ2n) is 8.22. The van der Waals surface area contributed by atoms with Crippen molar-refractivity contribution in [3.05, 3.63) is 44.8 Å². The van der Waals surface area contributed by atoms with Gasteiger partial charge in [0, 0.05) is 23.9 Å². The Morgan fingerprint density at radius 3 is 2.57 bits per heavy atom. The van der Waals surface area contributed by atoms with Gasteiger partial charge in [0.2, 0.25) is 0 Å². The van der Waals surface area contributed by atoms with E-state index in [2.05, 4.69) is 43.6 Å². The molecule has 2 N–H and O–H groups in total. The van der Waals surface area contributed by atoms with Gasteiger partial charge in [-0.25, -0.2) is 9.59 Å². The minimum atomic E-state index is -2.11. The Kier molecular flexibility index (Phi) is 6.49. The normalized spacial score (nSPS) is 24.5. The number of nitrogens with one attached hydrogen (secondary N) is 1. The standard InChI is InChI=1S/C18H28N2O7Si/c1-18(2,3)28(5,6)26-10-12-11(9-14(22)25-4)15(23)16(27-12)20-8-7-13(21)19-17(20)24/h7-9,12,15-16,23H,10H2,1-6H3,(H,19,21,24)/b11-9+/t12-,15-,16-/m1/s1. The van der Waals surface area contributed by atoms with E-state index < -0.39 is 44.0 Å². The highest BCUT2D eigenvalue weighted by Crippen LogP contribution is 2.38. The van der Waals surface area contributed by atoms with Gasteiger partial charge in [0.15, 0.2) is 14.5 Å². The summed E-state index contributed by atoms with van der Waals surface area (Å²) in [6.07, 6.45) is -0.737. The predicted octanol–water partition coefficient (Wildman–Crippen LogP) is 0.916. The third-order valence-corrected chi connectivity index (χ3v) is 9.80. The van der Waals surface area contributed by atoms with Crippen molar-refractivity contribution in [3.8, 4) is 0 Å². The number of nitrogens with zero attached hydrogens (tertiary/aromatic N) is 1. The summed E-state index contributed by atoms with van der Waals surface area (Å²) >= 11 is 0. The van der Waals surface area contributed by atoms with Crippen LogP contribution in [0.2, 0.25) is 18.1 Å². The first-order chi connectivity index (χ1) is 12.9. The lowest BCUT2D eigenvalue weighted by molar-refractivity contribution is -0.135. The first-order valence-corrected chi connectivity index (χ1v) is 11.9. The van der Waals surface area contributed by atoms with Crippen molar-refractivity contribution in [2.24, 2.45) is 0 Å². The number of aromatic nitrogens is 2. The van der Waals surface area contributed by atoms with Gasteiger partial charge >= 0.3 is 11.7 Å². The van der Waals surface area contributed by atoms with E-state index in [1.165, 1.54) is 13.3 Å². The summed E-state index contributed by atoms with van der Waals surface area (Å²) in [5.74, 6) is -0.649. The Bertz CT molecular complexity index is 866. The Hall–Kier alpha value is -2.01. The topological polar surface area (TPSA) is 120 Å². The van der Waals surface area contributed by atoms with Crippen molar-refractivity contribution in [1.29, 1.82) is 0 Å². The maximum atomic E-state index is 12.1. The number of carbonyl (C=O) groups is 1. The molecule has 156 valence electrons. The zero-order valence-corrected chi connectivity index (χ0v) is 18.0. The molecule has 0 saturated carbocycles. The SMILES string of the molecule is COC(=O)/C=C1/[C@@H](O)[C@H](n2ccc(=O)[nH]c2=O)O[C@@H]1CO[Si](C)(C)C(C)(C)C. The van der Waals surface area contributed by atoms with E-state index in [1.807, 2.05) is 0 Å². The Morgan fingerprint density at radius 2 is 2.04 bits per heavy atom. The average molecular weight is 413 g/mol. The summed E-state index contributed by atoms with van der Waals surface area (Å²) in [5.41, 5.74) is -1.02. The summed E-state index contributed by atoms with van der Waals surface area (Å²) in [7, 11) is -0.884. The van der Waals surface area contributed by atoms with E-state index in [0.717, 1.165) is 16.7 Å². The van der Waals surface area contributed by atoms with Gasteiger partial charge in [0.05, 0.1) is 13.7 Å². The molecule has 28 heavy (non-hydrogen) atoms. The number of hydrogen-bond acceptors (Lipinski definition) is 7. The number of hydrogen-bond donors (Lipinski definition) is 2. The molecule has 10 heteroatoms. The van der Waals surface area contributed by atoms with Gasteiger partial charge in [-0.3, -0.25) is 14.3 Å². The highest BCUT2D eigenvalue weighted by atomic mass is 28.4. The summed E-state index contributed by atoms with van der Waals surface area (Å²) in [6.45, 7) is 10.6. The van der Waals surface area contributed by atoms with Gasteiger partial charge < -0.3 is 19.0 Å². The highest BCUT2D eigenvalue weighted by molar-refractivity contribution is 6.74. The number of H-pyrrole nitrogens is 1. The van der Waals surface area contributed by atoms with Crippen LogP contribution in [0.3, 0.4) is 0 Å². The highest BCUT2D eigenvalue weighted by Gasteiger charge is 2.43. The van der Waals surface area contributed by atoms with Crippen molar-refractivity contribution in [3.63, 3.8) is 0 Å². The fraction of sp³-hybridized carbons (Fsp3) is 0.611. The van der Waals surface area contributed by atoms with Crippen molar-refractivity contribution in [2.45, 2.75) is 57.3 Å². The first-order valence-electron chi connectivity index (χ1n) is 8.96. The van der Waals surface area contributed by atoms with Crippen LogP contribution in [0.15, 0.2) is 33.5 Å². The third-order valence-electron chi connectivity index (χ3n) is 5.30. The summed E-state index contributed by atoms with van der Waals surface area (Å²) < 4.78 is 17.8. The molecule has 1 fully saturated rings. The summed E-state index contributed by atoms with van der Waals surface area (Å²) in [4.78, 5) is 37.3. The molecule has 0 radical (unpaired) electrons. The van der Waals surface area contributed by atoms with E-state index in [1.54, 1.807) is 0 Å². The monoisotopic (exact) mass is 412 g/mol. The number of aromatic amines is 1. The Balaban J connectivity index is 2.34. The van der Waals surface area contributed by atoms with Gasteiger partial charge in [0.25, 0.3) is 5.56 Å². The molecule has 0 spiro atoms. The van der Waals surface area contributed by atoms with Gasteiger partial charge in [-0.15, -0.1) is 0 Å².